The highest BCUT2D eigenvalue weighted by atomic mass is 16.5. The lowest BCUT2D eigenvalue weighted by atomic mass is 10.1. The molecule has 2 atom stereocenters. The van der Waals surface area contributed by atoms with Crippen molar-refractivity contribution in [1.82, 2.24) is 4.98 Å². The molecule has 0 aliphatic carbocycles. The predicted octanol–water partition coefficient (Wildman–Crippen LogP) is 0.864. The fraction of sp³-hybridized carbons (Fsp3) is 0.500. The fourth-order valence-corrected chi connectivity index (χ4v) is 1.80. The Morgan fingerprint density at radius 1 is 1.71 bits per heavy atom. The van der Waals surface area contributed by atoms with E-state index in [0.717, 1.165) is 11.4 Å². The van der Waals surface area contributed by atoms with Crippen LogP contribution in [0, 0.1) is 11.3 Å². The molecule has 1 aromatic rings. The smallest absolute Gasteiger partial charge is 0.161 e. The van der Waals surface area contributed by atoms with Crippen molar-refractivity contribution in [3.63, 3.8) is 0 Å². The highest BCUT2D eigenvalue weighted by molar-refractivity contribution is 5.42. The first-order valence-corrected chi connectivity index (χ1v) is 5.61. The second kappa shape index (κ2) is 5.13. The van der Waals surface area contributed by atoms with Gasteiger partial charge in [-0.25, -0.2) is 4.98 Å². The number of ether oxygens (including phenoxy) is 1. The number of nitriles is 1. The molecule has 1 unspecified atom stereocenters. The van der Waals surface area contributed by atoms with Crippen LogP contribution in [0.15, 0.2) is 18.3 Å². The molecule has 0 saturated carbocycles. The van der Waals surface area contributed by atoms with Crippen LogP contribution in [0.5, 0.6) is 0 Å². The Morgan fingerprint density at radius 3 is 3.24 bits per heavy atom. The summed E-state index contributed by atoms with van der Waals surface area (Å²) in [5, 5.41) is 18.4. The van der Waals surface area contributed by atoms with E-state index in [4.69, 9.17) is 10.00 Å². The summed E-state index contributed by atoms with van der Waals surface area (Å²) in [6, 6.07) is 5.74. The van der Waals surface area contributed by atoms with E-state index in [0.29, 0.717) is 19.7 Å². The minimum Gasteiger partial charge on any atom is -0.389 e. The molecular formula is C12H15N3O2. The van der Waals surface area contributed by atoms with E-state index in [1.54, 1.807) is 19.2 Å². The summed E-state index contributed by atoms with van der Waals surface area (Å²) in [6.07, 6.45) is 0.763. The van der Waals surface area contributed by atoms with E-state index >= 15 is 0 Å². The molecule has 0 radical (unpaired) electrons. The molecule has 1 saturated heterocycles. The van der Waals surface area contributed by atoms with Crippen LogP contribution in [0.1, 0.15) is 18.6 Å². The standard InChI is InChI=1S/C12H15N3O2/c1-9(16)10-2-3-14-12(6-10)15-4-5-17-11(7-13)8-15/h2-3,6,9,11,16H,4-5,8H2,1H3/t9-,11?/m0/s1. The van der Waals surface area contributed by atoms with Gasteiger partial charge in [0.25, 0.3) is 0 Å². The Labute approximate surface area is 100 Å². The zero-order valence-electron chi connectivity index (χ0n) is 9.71. The van der Waals surface area contributed by atoms with Crippen LogP contribution in [0.2, 0.25) is 0 Å². The number of hydrogen-bond acceptors (Lipinski definition) is 5. The van der Waals surface area contributed by atoms with Crippen LogP contribution in [0.3, 0.4) is 0 Å². The highest BCUT2D eigenvalue weighted by Gasteiger charge is 2.21. The average Bonchev–Trinajstić information content (AvgIpc) is 2.39. The van der Waals surface area contributed by atoms with Gasteiger partial charge in [0.1, 0.15) is 5.82 Å². The third-order valence-electron chi connectivity index (χ3n) is 2.79. The Balaban J connectivity index is 2.16. The molecule has 5 nitrogen and oxygen atoms in total. The van der Waals surface area contributed by atoms with Crippen LogP contribution < -0.4 is 4.90 Å². The molecule has 0 spiro atoms. The second-order valence-corrected chi connectivity index (χ2v) is 4.06. The van der Waals surface area contributed by atoms with Crippen molar-refractivity contribution in [3.8, 4) is 6.07 Å². The first kappa shape index (κ1) is 11.8. The Bertz CT molecular complexity index is 428. The fourth-order valence-electron chi connectivity index (χ4n) is 1.80. The molecular weight excluding hydrogens is 218 g/mol. The first-order chi connectivity index (χ1) is 8.20. The Morgan fingerprint density at radius 2 is 2.53 bits per heavy atom. The van der Waals surface area contributed by atoms with Crippen LogP contribution in [0.4, 0.5) is 5.82 Å². The van der Waals surface area contributed by atoms with Gasteiger partial charge in [-0.05, 0) is 24.6 Å². The van der Waals surface area contributed by atoms with Gasteiger partial charge in [-0.1, -0.05) is 0 Å². The zero-order valence-corrected chi connectivity index (χ0v) is 9.71. The van der Waals surface area contributed by atoms with Crippen LogP contribution in [0.25, 0.3) is 0 Å². The molecule has 0 aromatic carbocycles. The molecule has 1 aliphatic rings. The molecule has 0 bridgehead atoms. The molecule has 90 valence electrons. The average molecular weight is 233 g/mol. The van der Waals surface area contributed by atoms with Gasteiger partial charge in [0.2, 0.25) is 0 Å². The topological polar surface area (TPSA) is 69.4 Å². The van der Waals surface area contributed by atoms with Gasteiger partial charge in [-0.2, -0.15) is 5.26 Å². The number of aliphatic hydroxyl groups excluding tert-OH is 1. The monoisotopic (exact) mass is 233 g/mol. The number of pyridine rings is 1. The van der Waals surface area contributed by atoms with Crippen LogP contribution >= 0.6 is 0 Å². The van der Waals surface area contributed by atoms with Gasteiger partial charge in [0.05, 0.1) is 25.3 Å². The highest BCUT2D eigenvalue weighted by Crippen LogP contribution is 2.19. The third-order valence-corrected chi connectivity index (χ3v) is 2.79. The minimum atomic E-state index is -0.510. The lowest BCUT2D eigenvalue weighted by Crippen LogP contribution is -2.42. The summed E-state index contributed by atoms with van der Waals surface area (Å²) in [4.78, 5) is 6.27. The Hall–Kier alpha value is -1.64. The SMILES string of the molecule is C[C@H](O)c1ccnc(N2CCOC(C#N)C2)c1. The van der Waals surface area contributed by atoms with E-state index in [-0.39, 0.29) is 0 Å². The molecule has 5 heteroatoms. The molecule has 1 aliphatic heterocycles. The lowest BCUT2D eigenvalue weighted by molar-refractivity contribution is 0.0761. The quantitative estimate of drug-likeness (QED) is 0.820. The largest absolute Gasteiger partial charge is 0.389 e. The van der Waals surface area contributed by atoms with Crippen molar-refractivity contribution in [1.29, 1.82) is 5.26 Å². The van der Waals surface area contributed by atoms with Gasteiger partial charge in [0, 0.05) is 12.7 Å². The number of aliphatic hydroxyl groups is 1. The second-order valence-electron chi connectivity index (χ2n) is 4.06. The summed E-state index contributed by atoms with van der Waals surface area (Å²) >= 11 is 0. The molecule has 2 heterocycles. The zero-order chi connectivity index (χ0) is 12.3. The maximum absolute atomic E-state index is 9.52. The van der Waals surface area contributed by atoms with Crippen molar-refractivity contribution in [2.45, 2.75) is 19.1 Å². The van der Waals surface area contributed by atoms with Crippen molar-refractivity contribution >= 4 is 5.82 Å². The summed E-state index contributed by atoms with van der Waals surface area (Å²) in [5.74, 6) is 0.784. The summed E-state index contributed by atoms with van der Waals surface area (Å²) in [7, 11) is 0. The molecule has 1 N–H and O–H groups in total. The van der Waals surface area contributed by atoms with Crippen LogP contribution in [-0.4, -0.2) is 35.9 Å². The number of anilines is 1. The molecule has 17 heavy (non-hydrogen) atoms. The summed E-state index contributed by atoms with van der Waals surface area (Å²) < 4.78 is 5.28. The molecule has 1 fully saturated rings. The van der Waals surface area contributed by atoms with Gasteiger partial charge >= 0.3 is 0 Å². The number of rotatable bonds is 2. The lowest BCUT2D eigenvalue weighted by Gasteiger charge is -2.30. The normalized spacial score (nSPS) is 21.9. The maximum Gasteiger partial charge on any atom is 0.161 e. The summed E-state index contributed by atoms with van der Waals surface area (Å²) in [5.41, 5.74) is 0.829. The van der Waals surface area contributed by atoms with Crippen molar-refractivity contribution in [3.05, 3.63) is 23.9 Å². The van der Waals surface area contributed by atoms with E-state index < -0.39 is 12.2 Å². The molecule has 2 rings (SSSR count). The predicted molar refractivity (Wildman–Crippen MR) is 62.4 cm³/mol. The number of morpholine rings is 1. The Kier molecular flexibility index (Phi) is 3.57. The molecule has 1 aromatic heterocycles. The third kappa shape index (κ3) is 2.73. The number of hydrogen-bond donors (Lipinski definition) is 1. The number of nitrogens with zero attached hydrogens (tertiary/aromatic N) is 3. The van der Waals surface area contributed by atoms with Crippen molar-refractivity contribution in [2.75, 3.05) is 24.6 Å². The van der Waals surface area contributed by atoms with Crippen molar-refractivity contribution < 1.29 is 9.84 Å². The van der Waals surface area contributed by atoms with Gasteiger partial charge in [-0.15, -0.1) is 0 Å². The van der Waals surface area contributed by atoms with Gasteiger partial charge in [-0.3, -0.25) is 0 Å². The van der Waals surface area contributed by atoms with Gasteiger partial charge < -0.3 is 14.7 Å². The summed E-state index contributed by atoms with van der Waals surface area (Å²) in [6.45, 7) is 3.48. The van der Waals surface area contributed by atoms with Gasteiger partial charge in [0.15, 0.2) is 6.10 Å². The first-order valence-electron chi connectivity index (χ1n) is 5.61. The number of aromatic nitrogens is 1. The van der Waals surface area contributed by atoms with E-state index in [9.17, 15) is 5.11 Å². The van der Waals surface area contributed by atoms with E-state index in [1.165, 1.54) is 0 Å². The minimum absolute atomic E-state index is 0.402. The van der Waals surface area contributed by atoms with Crippen LogP contribution in [-0.2, 0) is 4.74 Å². The van der Waals surface area contributed by atoms with E-state index in [2.05, 4.69) is 11.1 Å². The molecule has 0 amide bonds. The maximum atomic E-state index is 9.52. The van der Waals surface area contributed by atoms with E-state index in [1.807, 2.05) is 11.0 Å². The van der Waals surface area contributed by atoms with Crippen molar-refractivity contribution in [2.24, 2.45) is 0 Å².